The highest BCUT2D eigenvalue weighted by Crippen LogP contribution is 2.29. The number of aryl methyl sites for hydroxylation is 1. The topological polar surface area (TPSA) is 43.2 Å². The molecule has 1 fully saturated rings. The standard InChI is InChI=1S/C17H21F3N4O/c1-23-10-14(9-21-23)11-24-7-5-13(6-8-24)12-25-16-4-2-3-15(22-16)17(18,19)20/h2-4,9-10,13H,5-8,11-12H2,1H3. The summed E-state index contributed by atoms with van der Waals surface area (Å²) in [6, 6.07) is 3.73. The quantitative estimate of drug-likeness (QED) is 0.827. The van der Waals surface area contributed by atoms with Gasteiger partial charge in [0.1, 0.15) is 5.69 Å². The average molecular weight is 354 g/mol. The van der Waals surface area contributed by atoms with Gasteiger partial charge in [-0.3, -0.25) is 9.58 Å². The number of ether oxygens (including phenoxy) is 1. The third kappa shape index (κ3) is 4.94. The maximum atomic E-state index is 12.7. The molecule has 25 heavy (non-hydrogen) atoms. The van der Waals surface area contributed by atoms with Gasteiger partial charge < -0.3 is 4.74 Å². The number of piperidine rings is 1. The number of likely N-dealkylation sites (tertiary alicyclic amines) is 1. The van der Waals surface area contributed by atoms with Crippen molar-refractivity contribution in [3.8, 4) is 5.88 Å². The van der Waals surface area contributed by atoms with Crippen LogP contribution >= 0.6 is 0 Å². The van der Waals surface area contributed by atoms with Crippen LogP contribution in [0.2, 0.25) is 0 Å². The van der Waals surface area contributed by atoms with Gasteiger partial charge in [-0.15, -0.1) is 0 Å². The Hall–Kier alpha value is -2.09. The first-order valence-electron chi connectivity index (χ1n) is 8.27. The fraction of sp³-hybridized carbons (Fsp3) is 0.529. The molecule has 1 aliphatic heterocycles. The van der Waals surface area contributed by atoms with Gasteiger partial charge in [0, 0.05) is 31.4 Å². The Morgan fingerprint density at radius 1 is 1.24 bits per heavy atom. The van der Waals surface area contributed by atoms with Crippen LogP contribution in [0.1, 0.15) is 24.1 Å². The zero-order chi connectivity index (χ0) is 17.9. The normalized spacial score (nSPS) is 17.0. The van der Waals surface area contributed by atoms with Crippen LogP contribution in [-0.4, -0.2) is 39.4 Å². The molecule has 2 aromatic rings. The van der Waals surface area contributed by atoms with E-state index in [0.29, 0.717) is 12.5 Å². The van der Waals surface area contributed by atoms with Crippen molar-refractivity contribution in [1.29, 1.82) is 0 Å². The first-order valence-corrected chi connectivity index (χ1v) is 8.27. The molecule has 0 radical (unpaired) electrons. The Kier molecular flexibility index (Phi) is 5.27. The molecule has 2 aromatic heterocycles. The van der Waals surface area contributed by atoms with E-state index in [1.807, 2.05) is 19.4 Å². The van der Waals surface area contributed by atoms with Gasteiger partial charge in [0.15, 0.2) is 0 Å². The summed E-state index contributed by atoms with van der Waals surface area (Å²) in [5, 5.41) is 4.17. The van der Waals surface area contributed by atoms with Gasteiger partial charge in [-0.25, -0.2) is 4.98 Å². The SMILES string of the molecule is Cn1cc(CN2CCC(COc3cccc(C(F)(F)F)n3)CC2)cn1. The van der Waals surface area contributed by atoms with Gasteiger partial charge >= 0.3 is 6.18 Å². The molecule has 1 aliphatic rings. The van der Waals surface area contributed by atoms with Crippen LogP contribution < -0.4 is 4.74 Å². The van der Waals surface area contributed by atoms with Gasteiger partial charge in [0.05, 0.1) is 12.8 Å². The van der Waals surface area contributed by atoms with Crippen molar-refractivity contribution in [3.63, 3.8) is 0 Å². The van der Waals surface area contributed by atoms with E-state index in [1.165, 1.54) is 17.7 Å². The van der Waals surface area contributed by atoms with Crippen molar-refractivity contribution in [2.75, 3.05) is 19.7 Å². The zero-order valence-corrected chi connectivity index (χ0v) is 14.0. The third-order valence-electron chi connectivity index (χ3n) is 4.35. The number of alkyl halides is 3. The second-order valence-electron chi connectivity index (χ2n) is 6.41. The second kappa shape index (κ2) is 7.43. The molecule has 0 unspecified atom stereocenters. The minimum absolute atomic E-state index is 0.0348. The molecule has 1 saturated heterocycles. The van der Waals surface area contributed by atoms with E-state index in [0.717, 1.165) is 38.5 Å². The summed E-state index contributed by atoms with van der Waals surface area (Å²) in [6.07, 6.45) is 1.35. The molecule has 8 heteroatoms. The van der Waals surface area contributed by atoms with Crippen LogP contribution in [-0.2, 0) is 19.8 Å². The Morgan fingerprint density at radius 2 is 2.00 bits per heavy atom. The number of aromatic nitrogens is 3. The van der Waals surface area contributed by atoms with Gasteiger partial charge in [-0.05, 0) is 37.9 Å². The van der Waals surface area contributed by atoms with Crippen LogP contribution in [0, 0.1) is 5.92 Å². The smallest absolute Gasteiger partial charge is 0.433 e. The molecule has 0 saturated carbocycles. The molecular formula is C17H21F3N4O. The number of nitrogens with zero attached hydrogens (tertiary/aromatic N) is 4. The Labute approximate surface area is 144 Å². The highest BCUT2D eigenvalue weighted by atomic mass is 19.4. The number of halogens is 3. The van der Waals surface area contributed by atoms with Crippen LogP contribution in [0.3, 0.4) is 0 Å². The highest BCUT2D eigenvalue weighted by molar-refractivity contribution is 5.17. The monoisotopic (exact) mass is 354 g/mol. The summed E-state index contributed by atoms with van der Waals surface area (Å²) in [7, 11) is 1.90. The zero-order valence-electron chi connectivity index (χ0n) is 14.0. The van der Waals surface area contributed by atoms with E-state index in [-0.39, 0.29) is 5.88 Å². The number of rotatable bonds is 5. The summed E-state index contributed by atoms with van der Waals surface area (Å²) < 4.78 is 45.3. The predicted octanol–water partition coefficient (Wildman–Crippen LogP) is 3.12. The summed E-state index contributed by atoms with van der Waals surface area (Å²) in [5.74, 6) is 0.370. The maximum Gasteiger partial charge on any atom is 0.433 e. The van der Waals surface area contributed by atoms with Crippen molar-refractivity contribution in [2.24, 2.45) is 13.0 Å². The van der Waals surface area contributed by atoms with Crippen LogP contribution in [0.15, 0.2) is 30.6 Å². The fourth-order valence-corrected chi connectivity index (χ4v) is 2.98. The van der Waals surface area contributed by atoms with E-state index in [9.17, 15) is 13.2 Å². The molecule has 0 atom stereocenters. The molecule has 0 N–H and O–H groups in total. The van der Waals surface area contributed by atoms with Crippen molar-refractivity contribution in [1.82, 2.24) is 19.7 Å². The van der Waals surface area contributed by atoms with Crippen molar-refractivity contribution < 1.29 is 17.9 Å². The van der Waals surface area contributed by atoms with E-state index < -0.39 is 11.9 Å². The molecule has 136 valence electrons. The molecule has 3 rings (SSSR count). The largest absolute Gasteiger partial charge is 0.477 e. The van der Waals surface area contributed by atoms with Gasteiger partial charge in [0.2, 0.25) is 5.88 Å². The summed E-state index contributed by atoms with van der Waals surface area (Å²) in [5.41, 5.74) is 0.265. The maximum absolute atomic E-state index is 12.7. The summed E-state index contributed by atoms with van der Waals surface area (Å²) in [4.78, 5) is 5.89. The molecule has 0 spiro atoms. The lowest BCUT2D eigenvalue weighted by Gasteiger charge is -2.31. The third-order valence-corrected chi connectivity index (χ3v) is 4.35. The van der Waals surface area contributed by atoms with Crippen LogP contribution in [0.25, 0.3) is 0 Å². The summed E-state index contributed by atoms with van der Waals surface area (Å²) >= 11 is 0. The number of hydrogen-bond donors (Lipinski definition) is 0. The molecule has 0 aliphatic carbocycles. The molecule has 5 nitrogen and oxygen atoms in total. The summed E-state index contributed by atoms with van der Waals surface area (Å²) in [6.45, 7) is 3.16. The first-order chi connectivity index (χ1) is 11.9. The lowest BCUT2D eigenvalue weighted by molar-refractivity contribution is -0.141. The van der Waals surface area contributed by atoms with Crippen LogP contribution in [0.5, 0.6) is 5.88 Å². The molecule has 0 aromatic carbocycles. The van der Waals surface area contributed by atoms with E-state index in [1.54, 1.807) is 4.68 Å². The van der Waals surface area contributed by atoms with Gasteiger partial charge in [-0.1, -0.05) is 6.07 Å². The number of pyridine rings is 1. The Bertz CT molecular complexity index is 693. The first kappa shape index (κ1) is 17.7. The lowest BCUT2D eigenvalue weighted by atomic mass is 9.97. The fourth-order valence-electron chi connectivity index (χ4n) is 2.98. The van der Waals surface area contributed by atoms with Crippen molar-refractivity contribution in [2.45, 2.75) is 25.6 Å². The van der Waals surface area contributed by atoms with Crippen molar-refractivity contribution in [3.05, 3.63) is 41.9 Å². The Morgan fingerprint density at radius 3 is 2.64 bits per heavy atom. The molecule has 0 bridgehead atoms. The van der Waals surface area contributed by atoms with E-state index >= 15 is 0 Å². The molecule has 3 heterocycles. The van der Waals surface area contributed by atoms with Crippen LogP contribution in [0.4, 0.5) is 13.2 Å². The lowest BCUT2D eigenvalue weighted by Crippen LogP contribution is -2.35. The molecule has 0 amide bonds. The second-order valence-corrected chi connectivity index (χ2v) is 6.41. The van der Waals surface area contributed by atoms with Gasteiger partial charge in [-0.2, -0.15) is 18.3 Å². The number of hydrogen-bond acceptors (Lipinski definition) is 4. The molecular weight excluding hydrogens is 333 g/mol. The average Bonchev–Trinajstić information content (AvgIpc) is 2.99. The minimum Gasteiger partial charge on any atom is -0.477 e. The van der Waals surface area contributed by atoms with Crippen molar-refractivity contribution >= 4 is 0 Å². The van der Waals surface area contributed by atoms with E-state index in [4.69, 9.17) is 4.74 Å². The predicted molar refractivity (Wildman–Crippen MR) is 85.9 cm³/mol. The Balaban J connectivity index is 1.45. The minimum atomic E-state index is -4.45. The van der Waals surface area contributed by atoms with Gasteiger partial charge in [0.25, 0.3) is 0 Å². The van der Waals surface area contributed by atoms with E-state index in [2.05, 4.69) is 15.0 Å². The highest BCUT2D eigenvalue weighted by Gasteiger charge is 2.32.